The fraction of sp³-hybridized carbons (Fsp3) is 1.00. The summed E-state index contributed by atoms with van der Waals surface area (Å²) in [5, 5.41) is 27.4. The summed E-state index contributed by atoms with van der Waals surface area (Å²) in [6.07, 6.45) is -3.36. The summed E-state index contributed by atoms with van der Waals surface area (Å²) in [6, 6.07) is 0. The first-order valence-corrected chi connectivity index (χ1v) is 3.80. The van der Waals surface area contributed by atoms with E-state index in [4.69, 9.17) is 14.9 Å². The van der Waals surface area contributed by atoms with Crippen LogP contribution in [0.3, 0.4) is 0 Å². The van der Waals surface area contributed by atoms with Gasteiger partial charge < -0.3 is 20.1 Å². The van der Waals surface area contributed by atoms with Gasteiger partial charge in [-0.15, -0.1) is 12.6 Å². The SMILES string of the molecule is C[C@@]1(S)OC[C@H](O)[C@H](O)[C@H]1O. The van der Waals surface area contributed by atoms with Crippen molar-refractivity contribution in [3.63, 3.8) is 0 Å². The van der Waals surface area contributed by atoms with Gasteiger partial charge >= 0.3 is 0 Å². The maximum atomic E-state index is 9.26. The molecule has 0 saturated carbocycles. The Hall–Kier alpha value is 0.190. The van der Waals surface area contributed by atoms with Gasteiger partial charge in [0.05, 0.1) is 6.61 Å². The molecule has 0 bridgehead atoms. The summed E-state index contributed by atoms with van der Waals surface area (Å²) >= 11 is 3.97. The quantitative estimate of drug-likeness (QED) is 0.351. The second-order valence-electron chi connectivity index (χ2n) is 2.87. The molecule has 1 aliphatic rings. The highest BCUT2D eigenvalue weighted by Crippen LogP contribution is 2.28. The molecule has 1 aliphatic heterocycles. The molecule has 1 heterocycles. The lowest BCUT2D eigenvalue weighted by atomic mass is 10.0. The van der Waals surface area contributed by atoms with Gasteiger partial charge in [0.1, 0.15) is 23.2 Å². The molecule has 66 valence electrons. The van der Waals surface area contributed by atoms with Crippen molar-refractivity contribution in [3.8, 4) is 0 Å². The van der Waals surface area contributed by atoms with Crippen molar-refractivity contribution in [2.24, 2.45) is 0 Å². The molecule has 0 radical (unpaired) electrons. The van der Waals surface area contributed by atoms with Crippen molar-refractivity contribution in [1.82, 2.24) is 0 Å². The lowest BCUT2D eigenvalue weighted by Gasteiger charge is -2.39. The van der Waals surface area contributed by atoms with Gasteiger partial charge in [-0.1, -0.05) is 0 Å². The van der Waals surface area contributed by atoms with Crippen LogP contribution in [-0.4, -0.2) is 45.2 Å². The number of hydrogen-bond acceptors (Lipinski definition) is 5. The second-order valence-corrected chi connectivity index (χ2v) is 3.76. The van der Waals surface area contributed by atoms with Gasteiger partial charge in [-0.3, -0.25) is 0 Å². The average molecular weight is 180 g/mol. The molecular weight excluding hydrogens is 168 g/mol. The monoisotopic (exact) mass is 180 g/mol. The minimum Gasteiger partial charge on any atom is -0.388 e. The Morgan fingerprint density at radius 1 is 1.45 bits per heavy atom. The van der Waals surface area contributed by atoms with Crippen molar-refractivity contribution >= 4 is 12.6 Å². The van der Waals surface area contributed by atoms with Crippen molar-refractivity contribution in [2.45, 2.75) is 30.2 Å². The molecule has 1 saturated heterocycles. The third-order valence-corrected chi connectivity index (χ3v) is 2.21. The summed E-state index contributed by atoms with van der Waals surface area (Å²) in [5.74, 6) is 0. The van der Waals surface area contributed by atoms with Crippen molar-refractivity contribution in [2.75, 3.05) is 6.61 Å². The summed E-state index contributed by atoms with van der Waals surface area (Å²) < 4.78 is 4.96. The maximum absolute atomic E-state index is 9.26. The average Bonchev–Trinajstić information content (AvgIpc) is 1.95. The third kappa shape index (κ3) is 1.68. The highest BCUT2D eigenvalue weighted by Gasteiger charge is 2.43. The standard InChI is InChI=1S/C6H12O4S/c1-6(11)5(9)4(8)3(7)2-10-6/h3-5,7-9,11H,2H2,1H3/t3-,4-,5+,6-/m0/s1. The Balaban J connectivity index is 2.67. The molecule has 4 nitrogen and oxygen atoms in total. The molecule has 0 unspecified atom stereocenters. The fourth-order valence-corrected chi connectivity index (χ4v) is 1.19. The van der Waals surface area contributed by atoms with Gasteiger partial charge in [-0.2, -0.15) is 0 Å². The summed E-state index contributed by atoms with van der Waals surface area (Å²) in [4.78, 5) is -1.07. The summed E-state index contributed by atoms with van der Waals surface area (Å²) in [5.41, 5.74) is 0. The Morgan fingerprint density at radius 3 is 2.45 bits per heavy atom. The largest absolute Gasteiger partial charge is 0.388 e. The Morgan fingerprint density at radius 2 is 2.00 bits per heavy atom. The lowest BCUT2D eigenvalue weighted by Crippen LogP contribution is -2.56. The predicted molar refractivity (Wildman–Crippen MR) is 41.4 cm³/mol. The van der Waals surface area contributed by atoms with Crippen LogP contribution < -0.4 is 0 Å². The van der Waals surface area contributed by atoms with E-state index in [0.717, 1.165) is 0 Å². The molecule has 0 aliphatic carbocycles. The first kappa shape index (κ1) is 9.28. The number of aliphatic hydroxyl groups is 3. The minimum atomic E-state index is -1.17. The molecule has 4 atom stereocenters. The van der Waals surface area contributed by atoms with Gasteiger partial charge in [-0.25, -0.2) is 0 Å². The molecule has 1 rings (SSSR count). The van der Waals surface area contributed by atoms with Crippen LogP contribution in [0.25, 0.3) is 0 Å². The van der Waals surface area contributed by atoms with Crippen molar-refractivity contribution in [1.29, 1.82) is 0 Å². The van der Waals surface area contributed by atoms with Crippen LogP contribution in [0.2, 0.25) is 0 Å². The van der Waals surface area contributed by atoms with E-state index in [1.54, 1.807) is 0 Å². The van der Waals surface area contributed by atoms with E-state index in [9.17, 15) is 5.11 Å². The fourth-order valence-electron chi connectivity index (χ4n) is 0.965. The zero-order chi connectivity index (χ0) is 8.65. The maximum Gasteiger partial charge on any atom is 0.136 e. The van der Waals surface area contributed by atoms with Gasteiger partial charge in [0.25, 0.3) is 0 Å². The Kier molecular flexibility index (Phi) is 2.46. The molecule has 0 amide bonds. The number of hydrogen-bond donors (Lipinski definition) is 4. The predicted octanol–water partition coefficient (Wildman–Crippen LogP) is -1.25. The van der Waals surface area contributed by atoms with E-state index in [0.29, 0.717) is 0 Å². The van der Waals surface area contributed by atoms with E-state index in [1.165, 1.54) is 6.92 Å². The zero-order valence-electron chi connectivity index (χ0n) is 6.14. The van der Waals surface area contributed by atoms with Gasteiger partial charge in [-0.05, 0) is 6.92 Å². The topological polar surface area (TPSA) is 69.9 Å². The second kappa shape index (κ2) is 2.91. The minimum absolute atomic E-state index is 0.00176. The molecule has 11 heavy (non-hydrogen) atoms. The molecule has 3 N–H and O–H groups in total. The molecule has 0 spiro atoms. The number of aliphatic hydroxyl groups excluding tert-OH is 3. The van der Waals surface area contributed by atoms with Crippen LogP contribution in [0, 0.1) is 0 Å². The highest BCUT2D eigenvalue weighted by atomic mass is 32.1. The van der Waals surface area contributed by atoms with E-state index in [2.05, 4.69) is 12.6 Å². The number of ether oxygens (including phenoxy) is 1. The highest BCUT2D eigenvalue weighted by molar-refractivity contribution is 7.81. The summed E-state index contributed by atoms with van der Waals surface area (Å²) in [6.45, 7) is 1.54. The van der Waals surface area contributed by atoms with Crippen LogP contribution in [0.15, 0.2) is 0 Å². The third-order valence-electron chi connectivity index (χ3n) is 1.81. The molecule has 1 fully saturated rings. The number of thiol groups is 1. The molecule has 0 aromatic heterocycles. The molecular formula is C6H12O4S. The normalized spacial score (nSPS) is 52.6. The Bertz CT molecular complexity index is 150. The van der Waals surface area contributed by atoms with Crippen molar-refractivity contribution < 1.29 is 20.1 Å². The molecule has 0 aromatic rings. The van der Waals surface area contributed by atoms with Gasteiger partial charge in [0.15, 0.2) is 0 Å². The van der Waals surface area contributed by atoms with Crippen LogP contribution in [0.5, 0.6) is 0 Å². The first-order valence-electron chi connectivity index (χ1n) is 3.35. The molecule has 5 heteroatoms. The van der Waals surface area contributed by atoms with E-state index in [1.807, 2.05) is 0 Å². The van der Waals surface area contributed by atoms with Crippen LogP contribution in [0.4, 0.5) is 0 Å². The van der Waals surface area contributed by atoms with Crippen LogP contribution >= 0.6 is 12.6 Å². The van der Waals surface area contributed by atoms with E-state index >= 15 is 0 Å². The van der Waals surface area contributed by atoms with Crippen LogP contribution in [0.1, 0.15) is 6.92 Å². The summed E-state index contributed by atoms with van der Waals surface area (Å²) in [7, 11) is 0. The smallest absolute Gasteiger partial charge is 0.136 e. The van der Waals surface area contributed by atoms with Gasteiger partial charge in [0, 0.05) is 0 Å². The van der Waals surface area contributed by atoms with E-state index in [-0.39, 0.29) is 6.61 Å². The first-order chi connectivity index (χ1) is 4.95. The van der Waals surface area contributed by atoms with Gasteiger partial charge in [0.2, 0.25) is 0 Å². The number of rotatable bonds is 0. The van der Waals surface area contributed by atoms with Crippen molar-refractivity contribution in [3.05, 3.63) is 0 Å². The van der Waals surface area contributed by atoms with Crippen LogP contribution in [-0.2, 0) is 4.74 Å². The molecule has 0 aromatic carbocycles. The Labute approximate surface area is 70.2 Å². The zero-order valence-corrected chi connectivity index (χ0v) is 7.03. The van der Waals surface area contributed by atoms with E-state index < -0.39 is 23.2 Å². The lowest BCUT2D eigenvalue weighted by molar-refractivity contribution is -0.194.